The first-order valence-corrected chi connectivity index (χ1v) is 11.6. The van der Waals surface area contributed by atoms with Crippen molar-refractivity contribution in [2.24, 2.45) is 5.16 Å². The Morgan fingerprint density at radius 2 is 1.81 bits per heavy atom. The third-order valence-electron chi connectivity index (χ3n) is 6.10. The average molecular weight is 499 g/mol. The normalized spacial score (nSPS) is 18.6. The largest absolute Gasteiger partial charge is 0.387 e. The Balaban J connectivity index is 1.22. The standard InChI is InChI=1S/C24H27BrN4O3/c1-28(21-10-6-5-9-19(21)25)18-11-13-29(14-12-18)23(30)16-26-24(31)20-15-22(32-27-20)17-7-3-2-4-8-17/h2-10,18,22H,11-16H2,1H3,(H,26,31). The van der Waals surface area contributed by atoms with Gasteiger partial charge < -0.3 is 20.0 Å². The van der Waals surface area contributed by atoms with Gasteiger partial charge >= 0.3 is 0 Å². The fourth-order valence-electron chi connectivity index (χ4n) is 4.16. The van der Waals surface area contributed by atoms with Crippen LogP contribution in [0.15, 0.2) is 64.2 Å². The van der Waals surface area contributed by atoms with Crippen LogP contribution in [-0.4, -0.2) is 55.1 Å². The van der Waals surface area contributed by atoms with E-state index in [1.54, 1.807) is 0 Å². The third kappa shape index (κ3) is 5.12. The number of para-hydroxylation sites is 1. The number of halogens is 1. The summed E-state index contributed by atoms with van der Waals surface area (Å²) in [5.41, 5.74) is 2.45. The van der Waals surface area contributed by atoms with Crippen LogP contribution in [-0.2, 0) is 14.4 Å². The molecule has 1 fully saturated rings. The Labute approximate surface area is 196 Å². The second-order valence-corrected chi connectivity index (χ2v) is 8.96. The number of benzene rings is 2. The van der Waals surface area contributed by atoms with Crippen LogP contribution in [0.4, 0.5) is 5.69 Å². The van der Waals surface area contributed by atoms with E-state index < -0.39 is 0 Å². The predicted molar refractivity (Wildman–Crippen MR) is 127 cm³/mol. The highest BCUT2D eigenvalue weighted by Gasteiger charge is 2.29. The maximum Gasteiger partial charge on any atom is 0.269 e. The molecule has 2 heterocycles. The summed E-state index contributed by atoms with van der Waals surface area (Å²) in [6, 6.07) is 18.2. The van der Waals surface area contributed by atoms with Gasteiger partial charge in [0.2, 0.25) is 5.91 Å². The SMILES string of the molecule is CN(c1ccccc1Br)C1CCN(C(=O)CNC(=O)C2=NOC(c3ccccc3)C2)CC1. The fourth-order valence-corrected chi connectivity index (χ4v) is 4.73. The zero-order valence-electron chi connectivity index (χ0n) is 18.0. The van der Waals surface area contributed by atoms with Gasteiger partial charge in [0.05, 0.1) is 12.2 Å². The molecule has 0 radical (unpaired) electrons. The van der Waals surface area contributed by atoms with Crippen molar-refractivity contribution < 1.29 is 14.4 Å². The number of anilines is 1. The lowest BCUT2D eigenvalue weighted by Crippen LogP contribution is -2.49. The zero-order chi connectivity index (χ0) is 22.5. The number of nitrogens with zero attached hydrogens (tertiary/aromatic N) is 3. The molecule has 1 N–H and O–H groups in total. The second kappa shape index (κ2) is 10.2. The van der Waals surface area contributed by atoms with Gasteiger partial charge in [0.1, 0.15) is 5.71 Å². The highest BCUT2D eigenvalue weighted by Crippen LogP contribution is 2.29. The molecule has 1 unspecified atom stereocenters. The summed E-state index contributed by atoms with van der Waals surface area (Å²) >= 11 is 3.61. The molecule has 7 nitrogen and oxygen atoms in total. The molecule has 0 saturated carbocycles. The predicted octanol–water partition coefficient (Wildman–Crippen LogP) is 3.51. The molecule has 0 spiro atoms. The van der Waals surface area contributed by atoms with Crippen LogP contribution in [0.2, 0.25) is 0 Å². The highest BCUT2D eigenvalue weighted by atomic mass is 79.9. The van der Waals surface area contributed by atoms with Crippen LogP contribution < -0.4 is 10.2 Å². The summed E-state index contributed by atoms with van der Waals surface area (Å²) in [6.45, 7) is 1.32. The maximum atomic E-state index is 12.6. The molecule has 168 valence electrons. The molecule has 1 atom stereocenters. The van der Waals surface area contributed by atoms with Crippen LogP contribution in [0.25, 0.3) is 0 Å². The van der Waals surface area contributed by atoms with E-state index in [0.717, 1.165) is 28.6 Å². The molecule has 1 saturated heterocycles. The lowest BCUT2D eigenvalue weighted by atomic mass is 10.0. The van der Waals surface area contributed by atoms with E-state index in [0.29, 0.717) is 31.3 Å². The van der Waals surface area contributed by atoms with Crippen LogP contribution in [0.1, 0.15) is 30.9 Å². The molecule has 32 heavy (non-hydrogen) atoms. The smallest absolute Gasteiger partial charge is 0.269 e. The van der Waals surface area contributed by atoms with Crippen molar-refractivity contribution in [1.29, 1.82) is 0 Å². The zero-order valence-corrected chi connectivity index (χ0v) is 19.6. The van der Waals surface area contributed by atoms with Gasteiger partial charge in [-0.2, -0.15) is 0 Å². The molecule has 2 amide bonds. The van der Waals surface area contributed by atoms with Gasteiger partial charge in [0.25, 0.3) is 5.91 Å². The van der Waals surface area contributed by atoms with Crippen LogP contribution >= 0.6 is 15.9 Å². The molecule has 0 aromatic heterocycles. The summed E-state index contributed by atoms with van der Waals surface area (Å²) in [4.78, 5) is 34.6. The van der Waals surface area contributed by atoms with E-state index in [4.69, 9.17) is 4.84 Å². The monoisotopic (exact) mass is 498 g/mol. The van der Waals surface area contributed by atoms with Gasteiger partial charge in [-0.3, -0.25) is 9.59 Å². The topological polar surface area (TPSA) is 74.2 Å². The molecular formula is C24H27BrN4O3. The van der Waals surface area contributed by atoms with Crippen molar-refractivity contribution in [2.75, 3.05) is 31.6 Å². The van der Waals surface area contributed by atoms with E-state index in [1.165, 1.54) is 0 Å². The summed E-state index contributed by atoms with van der Waals surface area (Å²) in [5.74, 6) is -0.417. The minimum atomic E-state index is -0.347. The molecule has 0 aliphatic carbocycles. The average Bonchev–Trinajstić information content (AvgIpc) is 3.33. The van der Waals surface area contributed by atoms with Gasteiger partial charge in [-0.05, 0) is 46.5 Å². The number of likely N-dealkylation sites (tertiary alicyclic amines) is 1. The number of hydrogen-bond donors (Lipinski definition) is 1. The van der Waals surface area contributed by atoms with Crippen LogP contribution in [0.5, 0.6) is 0 Å². The van der Waals surface area contributed by atoms with E-state index in [-0.39, 0.29) is 24.5 Å². The number of hydrogen-bond acceptors (Lipinski definition) is 5. The lowest BCUT2D eigenvalue weighted by Gasteiger charge is -2.38. The maximum absolute atomic E-state index is 12.6. The van der Waals surface area contributed by atoms with Crippen molar-refractivity contribution in [3.63, 3.8) is 0 Å². The quantitative estimate of drug-likeness (QED) is 0.661. The molecule has 0 bridgehead atoms. The number of piperidine rings is 1. The minimum Gasteiger partial charge on any atom is -0.387 e. The Kier molecular flexibility index (Phi) is 7.09. The minimum absolute atomic E-state index is 0.0292. The molecule has 4 rings (SSSR count). The Morgan fingerprint density at radius 1 is 1.12 bits per heavy atom. The summed E-state index contributed by atoms with van der Waals surface area (Å²) in [5, 5.41) is 6.62. The number of oxime groups is 1. The van der Waals surface area contributed by atoms with Crippen molar-refractivity contribution >= 4 is 39.1 Å². The number of amides is 2. The van der Waals surface area contributed by atoms with Crippen molar-refractivity contribution in [3.8, 4) is 0 Å². The first-order valence-electron chi connectivity index (χ1n) is 10.8. The third-order valence-corrected chi connectivity index (χ3v) is 6.77. The van der Waals surface area contributed by atoms with Crippen LogP contribution in [0.3, 0.4) is 0 Å². The Hall–Kier alpha value is -2.87. The van der Waals surface area contributed by atoms with Crippen molar-refractivity contribution in [2.45, 2.75) is 31.4 Å². The highest BCUT2D eigenvalue weighted by molar-refractivity contribution is 9.10. The first kappa shape index (κ1) is 22.3. The van der Waals surface area contributed by atoms with E-state index in [1.807, 2.05) is 53.4 Å². The van der Waals surface area contributed by atoms with Crippen LogP contribution in [0, 0.1) is 0 Å². The molecular weight excluding hydrogens is 472 g/mol. The van der Waals surface area contributed by atoms with Gasteiger partial charge in [0.15, 0.2) is 6.10 Å². The number of carbonyl (C=O) groups is 2. The summed E-state index contributed by atoms with van der Waals surface area (Å²) in [6.07, 6.45) is 1.91. The Morgan fingerprint density at radius 3 is 2.53 bits per heavy atom. The van der Waals surface area contributed by atoms with E-state index in [9.17, 15) is 9.59 Å². The van der Waals surface area contributed by atoms with E-state index >= 15 is 0 Å². The first-order chi connectivity index (χ1) is 15.5. The van der Waals surface area contributed by atoms with Gasteiger partial charge in [-0.1, -0.05) is 47.6 Å². The van der Waals surface area contributed by atoms with Crippen molar-refractivity contribution in [3.05, 3.63) is 64.6 Å². The summed E-state index contributed by atoms with van der Waals surface area (Å²) < 4.78 is 1.07. The number of nitrogens with one attached hydrogen (secondary N) is 1. The van der Waals surface area contributed by atoms with Gasteiger partial charge in [0, 0.05) is 37.1 Å². The number of rotatable bonds is 6. The molecule has 8 heteroatoms. The number of carbonyl (C=O) groups excluding carboxylic acids is 2. The molecule has 2 aromatic rings. The van der Waals surface area contributed by atoms with Crippen molar-refractivity contribution in [1.82, 2.24) is 10.2 Å². The lowest BCUT2D eigenvalue weighted by molar-refractivity contribution is -0.132. The second-order valence-electron chi connectivity index (χ2n) is 8.10. The molecule has 2 aromatic carbocycles. The van der Waals surface area contributed by atoms with Gasteiger partial charge in [-0.15, -0.1) is 0 Å². The Bertz CT molecular complexity index is 990. The van der Waals surface area contributed by atoms with E-state index in [2.05, 4.69) is 44.4 Å². The van der Waals surface area contributed by atoms with Gasteiger partial charge in [-0.25, -0.2) is 0 Å². The summed E-state index contributed by atoms with van der Waals surface area (Å²) in [7, 11) is 2.09. The molecule has 2 aliphatic heterocycles. The fraction of sp³-hybridized carbons (Fsp3) is 0.375. The molecule has 2 aliphatic rings.